The molecule has 1 amide bonds. The second kappa shape index (κ2) is 9.40. The molecule has 1 unspecified atom stereocenters. The number of furan rings is 1. The monoisotopic (exact) mass is 358 g/mol. The van der Waals surface area contributed by atoms with Gasteiger partial charge in [-0.1, -0.05) is 6.92 Å². The van der Waals surface area contributed by atoms with Crippen LogP contribution in [-0.4, -0.2) is 50.3 Å². The Morgan fingerprint density at radius 2 is 2.00 bits per heavy atom. The summed E-state index contributed by atoms with van der Waals surface area (Å²) >= 11 is 0. The third-order valence-electron chi connectivity index (χ3n) is 4.40. The number of carbonyl (C=O) groups excluding carboxylic acids is 1. The molecule has 1 aliphatic heterocycles. The van der Waals surface area contributed by atoms with Crippen LogP contribution < -0.4 is 10.1 Å². The predicted octanol–water partition coefficient (Wildman–Crippen LogP) is 2.87. The standard InChI is InChI=1S/C20H26N2O4/c1-2-11-25-17-7-5-16(6-8-17)20(23)21-15-18(19-4-3-12-26-19)22-9-13-24-14-10-22/h3-8,12,18H,2,9-11,13-15H2,1H3,(H,21,23). The summed E-state index contributed by atoms with van der Waals surface area (Å²) < 4.78 is 16.6. The van der Waals surface area contributed by atoms with E-state index in [9.17, 15) is 4.79 Å². The fraction of sp³-hybridized carbons (Fsp3) is 0.450. The van der Waals surface area contributed by atoms with E-state index in [1.54, 1.807) is 18.4 Å². The average molecular weight is 358 g/mol. The highest BCUT2D eigenvalue weighted by molar-refractivity contribution is 5.94. The number of nitrogens with one attached hydrogen (secondary N) is 1. The van der Waals surface area contributed by atoms with Crippen LogP contribution in [0.2, 0.25) is 0 Å². The number of carbonyl (C=O) groups is 1. The van der Waals surface area contributed by atoms with E-state index in [0.717, 1.165) is 31.0 Å². The highest BCUT2D eigenvalue weighted by Crippen LogP contribution is 2.22. The largest absolute Gasteiger partial charge is 0.494 e. The van der Waals surface area contributed by atoms with Crippen LogP contribution in [0.1, 0.15) is 35.5 Å². The van der Waals surface area contributed by atoms with Crippen LogP contribution in [0.15, 0.2) is 47.1 Å². The molecule has 1 aromatic carbocycles. The minimum Gasteiger partial charge on any atom is -0.494 e. The molecule has 1 aliphatic rings. The maximum absolute atomic E-state index is 12.5. The number of amides is 1. The van der Waals surface area contributed by atoms with E-state index >= 15 is 0 Å². The second-order valence-electron chi connectivity index (χ2n) is 6.26. The number of hydrogen-bond acceptors (Lipinski definition) is 5. The van der Waals surface area contributed by atoms with Crippen LogP contribution in [0, 0.1) is 0 Å². The van der Waals surface area contributed by atoms with Crippen molar-refractivity contribution in [2.24, 2.45) is 0 Å². The zero-order chi connectivity index (χ0) is 18.2. The summed E-state index contributed by atoms with van der Waals surface area (Å²) in [5.74, 6) is 1.54. The number of hydrogen-bond donors (Lipinski definition) is 1. The van der Waals surface area contributed by atoms with Gasteiger partial charge in [-0.2, -0.15) is 0 Å². The van der Waals surface area contributed by atoms with Gasteiger partial charge < -0.3 is 19.2 Å². The first-order valence-electron chi connectivity index (χ1n) is 9.14. The molecule has 1 saturated heterocycles. The molecule has 2 aromatic rings. The van der Waals surface area contributed by atoms with Crippen LogP contribution >= 0.6 is 0 Å². The van der Waals surface area contributed by atoms with Crippen LogP contribution in [0.4, 0.5) is 0 Å². The van der Waals surface area contributed by atoms with Gasteiger partial charge in [-0.05, 0) is 42.8 Å². The molecular formula is C20H26N2O4. The number of morpholine rings is 1. The van der Waals surface area contributed by atoms with Crippen molar-refractivity contribution >= 4 is 5.91 Å². The minimum atomic E-state index is -0.100. The first kappa shape index (κ1) is 18.5. The fourth-order valence-electron chi connectivity index (χ4n) is 2.99. The van der Waals surface area contributed by atoms with Gasteiger partial charge in [-0.3, -0.25) is 9.69 Å². The molecule has 2 heterocycles. The molecule has 140 valence electrons. The van der Waals surface area contributed by atoms with Crippen molar-refractivity contribution in [1.29, 1.82) is 0 Å². The number of rotatable bonds is 8. The van der Waals surface area contributed by atoms with Gasteiger partial charge in [0.05, 0.1) is 32.1 Å². The Bertz CT molecular complexity index is 664. The Hall–Kier alpha value is -2.31. The first-order valence-corrected chi connectivity index (χ1v) is 9.14. The van der Waals surface area contributed by atoms with Crippen molar-refractivity contribution in [2.45, 2.75) is 19.4 Å². The van der Waals surface area contributed by atoms with E-state index in [4.69, 9.17) is 13.9 Å². The maximum Gasteiger partial charge on any atom is 0.251 e. The van der Waals surface area contributed by atoms with Crippen molar-refractivity contribution in [2.75, 3.05) is 39.5 Å². The lowest BCUT2D eigenvalue weighted by Gasteiger charge is -2.33. The van der Waals surface area contributed by atoms with Crippen LogP contribution in [0.25, 0.3) is 0 Å². The third-order valence-corrected chi connectivity index (χ3v) is 4.40. The summed E-state index contributed by atoms with van der Waals surface area (Å²) in [4.78, 5) is 14.8. The molecule has 1 N–H and O–H groups in total. The molecule has 1 atom stereocenters. The van der Waals surface area contributed by atoms with Crippen LogP contribution in [0.3, 0.4) is 0 Å². The predicted molar refractivity (Wildman–Crippen MR) is 98.4 cm³/mol. The van der Waals surface area contributed by atoms with Crippen molar-refractivity contribution in [1.82, 2.24) is 10.2 Å². The Kier molecular flexibility index (Phi) is 6.68. The highest BCUT2D eigenvalue weighted by Gasteiger charge is 2.25. The van der Waals surface area contributed by atoms with Crippen molar-refractivity contribution in [3.05, 3.63) is 54.0 Å². The average Bonchev–Trinajstić information content (AvgIpc) is 3.22. The Morgan fingerprint density at radius 1 is 1.23 bits per heavy atom. The minimum absolute atomic E-state index is 0.00464. The SMILES string of the molecule is CCCOc1ccc(C(=O)NCC(c2ccco2)N2CCOCC2)cc1. The molecule has 0 aliphatic carbocycles. The molecule has 0 radical (unpaired) electrons. The van der Waals surface area contributed by atoms with E-state index in [2.05, 4.69) is 17.1 Å². The maximum atomic E-state index is 12.5. The van der Waals surface area contributed by atoms with Gasteiger partial charge in [-0.25, -0.2) is 0 Å². The Balaban J connectivity index is 1.60. The van der Waals surface area contributed by atoms with Crippen LogP contribution in [-0.2, 0) is 4.74 Å². The summed E-state index contributed by atoms with van der Waals surface area (Å²) in [6, 6.07) is 11.1. The third kappa shape index (κ3) is 4.86. The van der Waals surface area contributed by atoms with Crippen molar-refractivity contribution in [3.63, 3.8) is 0 Å². The lowest BCUT2D eigenvalue weighted by molar-refractivity contribution is 0.0118. The van der Waals surface area contributed by atoms with Crippen molar-refractivity contribution in [3.8, 4) is 5.75 Å². The number of ether oxygens (including phenoxy) is 2. The highest BCUT2D eigenvalue weighted by atomic mass is 16.5. The van der Waals surface area contributed by atoms with Gasteiger partial charge in [0.1, 0.15) is 11.5 Å². The fourth-order valence-corrected chi connectivity index (χ4v) is 2.99. The normalized spacial score (nSPS) is 16.2. The lowest BCUT2D eigenvalue weighted by atomic mass is 10.1. The van der Waals surface area contributed by atoms with E-state index in [1.807, 2.05) is 24.3 Å². The molecule has 0 saturated carbocycles. The summed E-state index contributed by atoms with van der Waals surface area (Å²) in [6.45, 7) is 6.27. The zero-order valence-electron chi connectivity index (χ0n) is 15.1. The quantitative estimate of drug-likeness (QED) is 0.786. The Labute approximate surface area is 154 Å². The number of nitrogens with zero attached hydrogens (tertiary/aromatic N) is 1. The van der Waals surface area contributed by atoms with Crippen molar-refractivity contribution < 1.29 is 18.7 Å². The van der Waals surface area contributed by atoms with Gasteiger partial charge in [0.2, 0.25) is 0 Å². The molecular weight excluding hydrogens is 332 g/mol. The van der Waals surface area contributed by atoms with Gasteiger partial charge >= 0.3 is 0 Å². The van der Waals surface area contributed by atoms with Gasteiger partial charge in [0.25, 0.3) is 5.91 Å². The lowest BCUT2D eigenvalue weighted by Crippen LogP contribution is -2.43. The second-order valence-corrected chi connectivity index (χ2v) is 6.26. The summed E-state index contributed by atoms with van der Waals surface area (Å²) in [6.07, 6.45) is 2.62. The summed E-state index contributed by atoms with van der Waals surface area (Å²) in [7, 11) is 0. The molecule has 6 nitrogen and oxygen atoms in total. The molecule has 6 heteroatoms. The topological polar surface area (TPSA) is 63.9 Å². The molecule has 0 bridgehead atoms. The van der Waals surface area contributed by atoms with Gasteiger partial charge in [-0.15, -0.1) is 0 Å². The smallest absolute Gasteiger partial charge is 0.251 e. The van der Waals surface area contributed by atoms with Gasteiger partial charge in [0, 0.05) is 25.2 Å². The number of benzene rings is 1. The van der Waals surface area contributed by atoms with E-state index in [0.29, 0.717) is 31.9 Å². The van der Waals surface area contributed by atoms with Crippen LogP contribution in [0.5, 0.6) is 5.75 Å². The summed E-state index contributed by atoms with van der Waals surface area (Å²) in [5, 5.41) is 3.03. The van der Waals surface area contributed by atoms with E-state index in [1.165, 1.54) is 0 Å². The molecule has 0 spiro atoms. The first-order chi connectivity index (χ1) is 12.8. The molecule has 1 fully saturated rings. The zero-order valence-corrected chi connectivity index (χ0v) is 15.1. The summed E-state index contributed by atoms with van der Waals surface area (Å²) in [5.41, 5.74) is 0.619. The van der Waals surface area contributed by atoms with E-state index < -0.39 is 0 Å². The molecule has 1 aromatic heterocycles. The Morgan fingerprint density at radius 3 is 2.65 bits per heavy atom. The molecule has 3 rings (SSSR count). The molecule has 26 heavy (non-hydrogen) atoms. The van der Waals surface area contributed by atoms with E-state index in [-0.39, 0.29) is 11.9 Å². The van der Waals surface area contributed by atoms with Gasteiger partial charge in [0.15, 0.2) is 0 Å².